The molecule has 1 atom stereocenters. The molecule has 9 heteroatoms. The summed E-state index contributed by atoms with van der Waals surface area (Å²) in [4.78, 5) is 22.6. The van der Waals surface area contributed by atoms with Crippen LogP contribution in [0.15, 0.2) is 0 Å². The van der Waals surface area contributed by atoms with Gasteiger partial charge in [-0.3, -0.25) is 8.98 Å². The second-order valence-electron chi connectivity index (χ2n) is 5.46. The Hall–Kier alpha value is -0.800. The van der Waals surface area contributed by atoms with Crippen LogP contribution in [0.4, 0.5) is 4.79 Å². The number of hydrogen-bond acceptors (Lipinski definition) is 7. The number of amides is 1. The molecular formula is C12H23NO6S2. The second kappa shape index (κ2) is 8.60. The average molecular weight is 341 g/mol. The van der Waals surface area contributed by atoms with Gasteiger partial charge in [-0.15, -0.1) is 0 Å². The summed E-state index contributed by atoms with van der Waals surface area (Å²) >= 11 is 1.10. The number of carbonyl (C=O) groups excluding carboxylic acids is 2. The Morgan fingerprint density at radius 1 is 1.29 bits per heavy atom. The molecule has 0 saturated heterocycles. The van der Waals surface area contributed by atoms with Crippen LogP contribution >= 0.6 is 11.8 Å². The molecule has 0 aromatic carbocycles. The third-order valence-corrected chi connectivity index (χ3v) is 3.39. The first-order valence-electron chi connectivity index (χ1n) is 6.36. The zero-order valence-corrected chi connectivity index (χ0v) is 14.6. The van der Waals surface area contributed by atoms with E-state index in [0.29, 0.717) is 12.2 Å². The van der Waals surface area contributed by atoms with Crippen LogP contribution in [0, 0.1) is 0 Å². The fraction of sp³-hybridized carbons (Fsp3) is 0.833. The number of alkyl carbamates (subject to hydrolysis) is 1. The van der Waals surface area contributed by atoms with Crippen LogP contribution in [-0.4, -0.2) is 49.9 Å². The fourth-order valence-electron chi connectivity index (χ4n) is 1.22. The van der Waals surface area contributed by atoms with Crippen LogP contribution < -0.4 is 5.32 Å². The van der Waals surface area contributed by atoms with Gasteiger partial charge in [-0.05, 0) is 27.2 Å². The van der Waals surface area contributed by atoms with Gasteiger partial charge in [0.2, 0.25) is 0 Å². The van der Waals surface area contributed by atoms with Crippen molar-refractivity contribution in [1.82, 2.24) is 5.32 Å². The van der Waals surface area contributed by atoms with Gasteiger partial charge >= 0.3 is 6.09 Å². The molecule has 1 N–H and O–H groups in total. The van der Waals surface area contributed by atoms with E-state index < -0.39 is 27.9 Å². The van der Waals surface area contributed by atoms with Crippen LogP contribution in [0.25, 0.3) is 0 Å². The van der Waals surface area contributed by atoms with Crippen molar-refractivity contribution in [3.05, 3.63) is 0 Å². The Bertz CT molecular complexity index is 455. The van der Waals surface area contributed by atoms with Crippen molar-refractivity contribution in [2.45, 2.75) is 45.8 Å². The molecule has 0 aliphatic rings. The van der Waals surface area contributed by atoms with Gasteiger partial charge in [-0.2, -0.15) is 8.42 Å². The van der Waals surface area contributed by atoms with Gasteiger partial charge in [0.05, 0.1) is 18.9 Å². The van der Waals surface area contributed by atoms with E-state index in [1.165, 1.54) is 6.92 Å². The average Bonchev–Trinajstić information content (AvgIpc) is 2.21. The first-order valence-corrected chi connectivity index (χ1v) is 9.16. The van der Waals surface area contributed by atoms with Gasteiger partial charge in [-0.1, -0.05) is 11.8 Å². The third kappa shape index (κ3) is 13.9. The Balaban J connectivity index is 4.49. The normalized spacial score (nSPS) is 13.6. The van der Waals surface area contributed by atoms with Crippen LogP contribution in [0.1, 0.15) is 34.1 Å². The van der Waals surface area contributed by atoms with Gasteiger partial charge in [0.15, 0.2) is 5.12 Å². The molecule has 0 aromatic heterocycles. The maximum Gasteiger partial charge on any atom is 0.407 e. The van der Waals surface area contributed by atoms with E-state index in [4.69, 9.17) is 4.74 Å². The minimum Gasteiger partial charge on any atom is -0.444 e. The van der Waals surface area contributed by atoms with Crippen LogP contribution in [-0.2, 0) is 23.8 Å². The molecule has 0 saturated carbocycles. The molecule has 0 bridgehead atoms. The van der Waals surface area contributed by atoms with Crippen molar-refractivity contribution >= 4 is 33.1 Å². The molecule has 1 amide bonds. The van der Waals surface area contributed by atoms with Crippen molar-refractivity contribution in [3.63, 3.8) is 0 Å². The number of nitrogens with one attached hydrogen (secondary N) is 1. The van der Waals surface area contributed by atoms with Crippen molar-refractivity contribution in [3.8, 4) is 0 Å². The first kappa shape index (κ1) is 20.2. The summed E-state index contributed by atoms with van der Waals surface area (Å²) in [5.41, 5.74) is -0.652. The summed E-state index contributed by atoms with van der Waals surface area (Å²) in [6.07, 6.45) is 0.665. The van der Waals surface area contributed by atoms with Crippen molar-refractivity contribution in [1.29, 1.82) is 0 Å². The third-order valence-electron chi connectivity index (χ3n) is 1.98. The predicted molar refractivity (Wildman–Crippen MR) is 81.7 cm³/mol. The van der Waals surface area contributed by atoms with Crippen LogP contribution in [0.3, 0.4) is 0 Å². The maximum absolute atomic E-state index is 11.7. The van der Waals surface area contributed by atoms with E-state index in [0.717, 1.165) is 18.0 Å². The number of hydrogen-bond donors (Lipinski definition) is 1. The summed E-state index contributed by atoms with van der Waals surface area (Å²) in [7, 11) is -3.60. The molecule has 0 heterocycles. The number of ether oxygens (including phenoxy) is 1. The molecule has 0 rings (SSSR count). The Labute approximate surface area is 130 Å². The van der Waals surface area contributed by atoms with E-state index in [-0.39, 0.29) is 11.7 Å². The van der Waals surface area contributed by atoms with Gasteiger partial charge in [0.1, 0.15) is 5.60 Å². The molecule has 0 radical (unpaired) electrons. The smallest absolute Gasteiger partial charge is 0.407 e. The second-order valence-corrected chi connectivity index (χ2v) is 8.38. The first-order chi connectivity index (χ1) is 9.39. The molecule has 124 valence electrons. The van der Waals surface area contributed by atoms with E-state index >= 15 is 0 Å². The van der Waals surface area contributed by atoms with Crippen molar-refractivity contribution < 1.29 is 26.9 Å². The molecule has 0 aliphatic carbocycles. The minimum absolute atomic E-state index is 0.0463. The lowest BCUT2D eigenvalue weighted by Crippen LogP contribution is -2.42. The van der Waals surface area contributed by atoms with E-state index in [9.17, 15) is 18.0 Å². The van der Waals surface area contributed by atoms with Gasteiger partial charge in [0.25, 0.3) is 10.1 Å². The van der Waals surface area contributed by atoms with Crippen molar-refractivity contribution in [2.24, 2.45) is 0 Å². The number of carbonyl (C=O) groups is 2. The zero-order chi connectivity index (χ0) is 16.7. The van der Waals surface area contributed by atoms with Gasteiger partial charge in [-0.25, -0.2) is 4.79 Å². The molecule has 0 spiro atoms. The highest BCUT2D eigenvalue weighted by Gasteiger charge is 2.20. The Morgan fingerprint density at radius 3 is 2.29 bits per heavy atom. The lowest BCUT2D eigenvalue weighted by atomic mass is 10.2. The summed E-state index contributed by atoms with van der Waals surface area (Å²) in [5, 5.41) is 2.50. The standard InChI is InChI=1S/C12H23NO6S2/c1-9(14)20-7-6-10(8-18-21(5,16)17)13-11(15)19-12(2,3)4/h10H,6-8H2,1-5H3,(H,13,15)/t10-/m0/s1. The number of thioether (sulfide) groups is 1. The van der Waals surface area contributed by atoms with Crippen molar-refractivity contribution in [2.75, 3.05) is 18.6 Å². The van der Waals surface area contributed by atoms with Crippen LogP contribution in [0.2, 0.25) is 0 Å². The highest BCUT2D eigenvalue weighted by molar-refractivity contribution is 8.13. The lowest BCUT2D eigenvalue weighted by molar-refractivity contribution is -0.109. The molecule has 0 unspecified atom stereocenters. The highest BCUT2D eigenvalue weighted by Crippen LogP contribution is 2.10. The van der Waals surface area contributed by atoms with Gasteiger partial charge < -0.3 is 10.1 Å². The number of rotatable bonds is 7. The minimum atomic E-state index is -3.60. The molecule has 7 nitrogen and oxygen atoms in total. The summed E-state index contributed by atoms with van der Waals surface area (Å²) in [6, 6.07) is -0.554. The van der Waals surface area contributed by atoms with E-state index in [1.807, 2.05) is 0 Å². The maximum atomic E-state index is 11.7. The Kier molecular flexibility index (Phi) is 8.27. The quantitative estimate of drug-likeness (QED) is 0.701. The summed E-state index contributed by atoms with van der Waals surface area (Å²) < 4.78 is 31.8. The topological polar surface area (TPSA) is 98.8 Å². The fourth-order valence-corrected chi connectivity index (χ4v) is 2.32. The molecule has 0 aromatic rings. The zero-order valence-electron chi connectivity index (χ0n) is 13.0. The van der Waals surface area contributed by atoms with E-state index in [2.05, 4.69) is 9.50 Å². The molecule has 0 fully saturated rings. The van der Waals surface area contributed by atoms with Crippen LogP contribution in [0.5, 0.6) is 0 Å². The SMILES string of the molecule is CC(=O)SCC[C@@H](COS(C)(=O)=O)NC(=O)OC(C)(C)C. The monoisotopic (exact) mass is 341 g/mol. The summed E-state index contributed by atoms with van der Waals surface area (Å²) in [5.74, 6) is 0.447. The van der Waals surface area contributed by atoms with Gasteiger partial charge in [0, 0.05) is 12.7 Å². The lowest BCUT2D eigenvalue weighted by Gasteiger charge is -2.23. The molecule has 0 aliphatic heterocycles. The van der Waals surface area contributed by atoms with E-state index in [1.54, 1.807) is 20.8 Å². The Morgan fingerprint density at radius 2 is 1.86 bits per heavy atom. The highest BCUT2D eigenvalue weighted by atomic mass is 32.2. The summed E-state index contributed by atoms with van der Waals surface area (Å²) in [6.45, 7) is 6.41. The largest absolute Gasteiger partial charge is 0.444 e. The molecular weight excluding hydrogens is 318 g/mol. The predicted octanol–water partition coefficient (Wildman–Crippen LogP) is 1.53. The molecule has 21 heavy (non-hydrogen) atoms.